The number of hydrogen-bond donors (Lipinski definition) is 2. The van der Waals surface area contributed by atoms with Gasteiger partial charge in [0.25, 0.3) is 0 Å². The van der Waals surface area contributed by atoms with Gasteiger partial charge in [-0.1, -0.05) is 25.3 Å². The van der Waals surface area contributed by atoms with Crippen LogP contribution in [0.2, 0.25) is 0 Å². The average molecular weight is 409 g/mol. The highest BCUT2D eigenvalue weighted by Gasteiger charge is 2.43. The minimum atomic E-state index is -0.555. The lowest BCUT2D eigenvalue weighted by atomic mass is 9.72. The second-order valence-electron chi connectivity index (χ2n) is 7.73. The molecule has 27 heavy (non-hydrogen) atoms. The molecule has 0 radical (unpaired) electrons. The molecule has 1 saturated carbocycles. The lowest BCUT2D eigenvalue weighted by molar-refractivity contribution is -0.132. The van der Waals surface area contributed by atoms with Gasteiger partial charge in [0.1, 0.15) is 5.54 Å². The normalized spacial score (nSPS) is 21.2. The summed E-state index contributed by atoms with van der Waals surface area (Å²) in [6.45, 7) is 2.44. The maximum Gasteiger partial charge on any atom is 0.248 e. The van der Waals surface area contributed by atoms with Gasteiger partial charge in [0.15, 0.2) is 0 Å². The maximum absolute atomic E-state index is 13.4. The SMILES string of the molecule is Cl.O=C(NCC1(c2cccs2)CCCCC1)C1(n2cccn2)CCNCC1. The van der Waals surface area contributed by atoms with Gasteiger partial charge in [-0.2, -0.15) is 5.10 Å². The number of thiophene rings is 1. The van der Waals surface area contributed by atoms with Crippen molar-refractivity contribution in [3.8, 4) is 0 Å². The summed E-state index contributed by atoms with van der Waals surface area (Å²) < 4.78 is 1.88. The van der Waals surface area contributed by atoms with E-state index in [2.05, 4.69) is 33.2 Å². The Morgan fingerprint density at radius 2 is 1.96 bits per heavy atom. The standard InChI is InChI=1S/C20H28N4OS.ClH/c25-18(20(9-12-21-13-10-20)24-14-5-11-23-24)22-16-19(7-2-1-3-8-19)17-6-4-15-26-17;/h4-6,11,14-15,21H,1-3,7-10,12-13,16H2,(H,22,25);1H. The Balaban J connectivity index is 0.00000210. The highest BCUT2D eigenvalue weighted by atomic mass is 35.5. The summed E-state index contributed by atoms with van der Waals surface area (Å²) in [7, 11) is 0. The summed E-state index contributed by atoms with van der Waals surface area (Å²) in [4.78, 5) is 14.8. The van der Waals surface area contributed by atoms with E-state index in [1.165, 1.54) is 37.0 Å². The largest absolute Gasteiger partial charge is 0.353 e. The van der Waals surface area contributed by atoms with Crippen LogP contribution in [0, 0.1) is 0 Å². The molecule has 148 valence electrons. The third-order valence-corrected chi connectivity index (χ3v) is 7.35. The molecule has 0 spiro atoms. The number of halogens is 1. The van der Waals surface area contributed by atoms with Crippen LogP contribution in [-0.4, -0.2) is 35.3 Å². The lowest BCUT2D eigenvalue weighted by Crippen LogP contribution is -2.56. The quantitative estimate of drug-likeness (QED) is 0.796. The number of rotatable bonds is 5. The first-order valence-corrected chi connectivity index (χ1v) is 10.7. The molecule has 1 aliphatic heterocycles. The number of hydrogen-bond acceptors (Lipinski definition) is 4. The van der Waals surface area contributed by atoms with Crippen molar-refractivity contribution in [3.05, 3.63) is 40.8 Å². The van der Waals surface area contributed by atoms with Crippen molar-refractivity contribution in [2.24, 2.45) is 0 Å². The van der Waals surface area contributed by atoms with Gasteiger partial charge in [0, 0.05) is 29.2 Å². The van der Waals surface area contributed by atoms with Crippen molar-refractivity contribution in [2.45, 2.75) is 55.9 Å². The second kappa shape index (κ2) is 8.76. The molecule has 2 N–H and O–H groups in total. The molecule has 2 aromatic rings. The van der Waals surface area contributed by atoms with Crippen molar-refractivity contribution < 1.29 is 4.79 Å². The molecule has 4 rings (SSSR count). The Morgan fingerprint density at radius 3 is 2.59 bits per heavy atom. The predicted molar refractivity (Wildman–Crippen MR) is 112 cm³/mol. The summed E-state index contributed by atoms with van der Waals surface area (Å²) in [6, 6.07) is 6.29. The van der Waals surface area contributed by atoms with E-state index in [-0.39, 0.29) is 23.7 Å². The lowest BCUT2D eigenvalue weighted by Gasteiger charge is -2.40. The third-order valence-electron chi connectivity index (χ3n) is 6.24. The fraction of sp³-hybridized carbons (Fsp3) is 0.600. The predicted octanol–water partition coefficient (Wildman–Crippen LogP) is 3.46. The smallest absolute Gasteiger partial charge is 0.248 e. The first-order valence-electron chi connectivity index (χ1n) is 9.78. The Labute approximate surface area is 171 Å². The Hall–Kier alpha value is -1.37. The van der Waals surface area contributed by atoms with Crippen molar-refractivity contribution in [3.63, 3.8) is 0 Å². The number of nitrogens with one attached hydrogen (secondary N) is 2. The highest BCUT2D eigenvalue weighted by Crippen LogP contribution is 2.41. The topological polar surface area (TPSA) is 59.0 Å². The molecule has 5 nitrogen and oxygen atoms in total. The summed E-state index contributed by atoms with van der Waals surface area (Å²) in [5.41, 5.74) is -0.444. The highest BCUT2D eigenvalue weighted by molar-refractivity contribution is 7.10. The van der Waals surface area contributed by atoms with Gasteiger partial charge in [-0.05, 0) is 56.3 Å². The summed E-state index contributed by atoms with van der Waals surface area (Å²) in [5.74, 6) is 0.129. The van der Waals surface area contributed by atoms with Crippen LogP contribution in [0.25, 0.3) is 0 Å². The molecule has 3 heterocycles. The number of aromatic nitrogens is 2. The number of nitrogens with zero attached hydrogens (tertiary/aromatic N) is 2. The van der Waals surface area contributed by atoms with Gasteiger partial charge in [0.05, 0.1) is 0 Å². The minimum Gasteiger partial charge on any atom is -0.353 e. The molecule has 0 atom stereocenters. The monoisotopic (exact) mass is 408 g/mol. The van der Waals surface area contributed by atoms with E-state index in [1.807, 2.05) is 28.3 Å². The van der Waals surface area contributed by atoms with E-state index in [1.54, 1.807) is 6.20 Å². The molecule has 7 heteroatoms. The van der Waals surface area contributed by atoms with Crippen LogP contribution in [0.15, 0.2) is 36.0 Å². The first-order chi connectivity index (χ1) is 12.8. The van der Waals surface area contributed by atoms with E-state index in [0.717, 1.165) is 32.5 Å². The van der Waals surface area contributed by atoms with Crippen LogP contribution in [0.4, 0.5) is 0 Å². The van der Waals surface area contributed by atoms with Crippen LogP contribution in [0.5, 0.6) is 0 Å². The Bertz CT molecular complexity index is 704. The zero-order valence-electron chi connectivity index (χ0n) is 15.7. The zero-order valence-corrected chi connectivity index (χ0v) is 17.3. The van der Waals surface area contributed by atoms with E-state index in [4.69, 9.17) is 0 Å². The summed E-state index contributed by atoms with van der Waals surface area (Å²) in [6.07, 6.45) is 11.4. The number of carbonyl (C=O) groups is 1. The Morgan fingerprint density at radius 1 is 1.19 bits per heavy atom. The molecule has 2 fully saturated rings. The van der Waals surface area contributed by atoms with Crippen molar-refractivity contribution in [2.75, 3.05) is 19.6 Å². The fourth-order valence-corrected chi connectivity index (χ4v) is 5.64. The number of amides is 1. The van der Waals surface area contributed by atoms with Crippen LogP contribution in [-0.2, 0) is 15.7 Å². The molecule has 2 aliphatic rings. The molecule has 1 saturated heterocycles. The maximum atomic E-state index is 13.4. The molecule has 0 bridgehead atoms. The molecular weight excluding hydrogens is 380 g/mol. The molecule has 0 unspecified atom stereocenters. The van der Waals surface area contributed by atoms with E-state index in [0.29, 0.717) is 0 Å². The van der Waals surface area contributed by atoms with Crippen molar-refractivity contribution >= 4 is 29.7 Å². The van der Waals surface area contributed by atoms with Gasteiger partial charge < -0.3 is 10.6 Å². The van der Waals surface area contributed by atoms with Crippen molar-refractivity contribution in [1.29, 1.82) is 0 Å². The van der Waals surface area contributed by atoms with E-state index >= 15 is 0 Å². The summed E-state index contributed by atoms with van der Waals surface area (Å²) in [5, 5.41) is 13.3. The number of carbonyl (C=O) groups excluding carboxylic acids is 1. The van der Waals surface area contributed by atoms with Gasteiger partial charge in [-0.25, -0.2) is 0 Å². The molecule has 0 aromatic carbocycles. The molecule has 2 aromatic heterocycles. The number of piperidine rings is 1. The molecule has 1 amide bonds. The third kappa shape index (κ3) is 3.93. The molecule has 1 aliphatic carbocycles. The Kier molecular flexibility index (Phi) is 6.61. The summed E-state index contributed by atoms with van der Waals surface area (Å²) >= 11 is 1.83. The van der Waals surface area contributed by atoms with Gasteiger partial charge in [0.2, 0.25) is 5.91 Å². The fourth-order valence-electron chi connectivity index (χ4n) is 4.66. The first kappa shape index (κ1) is 20.4. The van der Waals surface area contributed by atoms with Crippen molar-refractivity contribution in [1.82, 2.24) is 20.4 Å². The van der Waals surface area contributed by atoms with E-state index in [9.17, 15) is 4.79 Å². The van der Waals surface area contributed by atoms with Gasteiger partial charge in [-0.3, -0.25) is 9.48 Å². The van der Waals surface area contributed by atoms with Crippen LogP contribution >= 0.6 is 23.7 Å². The molecular formula is C20H29ClN4OS. The second-order valence-corrected chi connectivity index (χ2v) is 8.68. The van der Waals surface area contributed by atoms with E-state index < -0.39 is 5.54 Å². The van der Waals surface area contributed by atoms with Crippen LogP contribution in [0.3, 0.4) is 0 Å². The minimum absolute atomic E-state index is 0. The van der Waals surface area contributed by atoms with Gasteiger partial charge in [-0.15, -0.1) is 23.7 Å². The van der Waals surface area contributed by atoms with Crippen LogP contribution < -0.4 is 10.6 Å². The zero-order chi connectivity index (χ0) is 17.9. The van der Waals surface area contributed by atoms with Crippen LogP contribution in [0.1, 0.15) is 49.8 Å². The van der Waals surface area contributed by atoms with Gasteiger partial charge >= 0.3 is 0 Å². The average Bonchev–Trinajstić information content (AvgIpc) is 3.42.